The molecule has 2 heteroatoms. The van der Waals surface area contributed by atoms with E-state index in [9.17, 15) is 0 Å². The molecule has 2 atom stereocenters. The Balaban J connectivity index is 2.22. The van der Waals surface area contributed by atoms with Crippen LogP contribution in [0.2, 0.25) is 0 Å². The molecule has 0 aliphatic carbocycles. The second-order valence-corrected chi connectivity index (χ2v) is 5.83. The minimum Gasteiger partial charge on any atom is -0.485 e. The molecular weight excluding hydrogens is 258 g/mol. The van der Waals surface area contributed by atoms with Gasteiger partial charge in [0, 0.05) is 12.5 Å². The number of hydrogen-bond donors (Lipinski definition) is 0. The molecule has 2 unspecified atom stereocenters. The SMILES string of the molecule is Cc1ccccc1OC(CC(C)N(C)C)c1ccccc1. The van der Waals surface area contributed by atoms with Crippen molar-refractivity contribution in [1.29, 1.82) is 0 Å². The predicted octanol–water partition coefficient (Wildman–Crippen LogP) is 4.46. The minimum absolute atomic E-state index is 0.0738. The third-order valence-electron chi connectivity index (χ3n) is 3.97. The molecule has 0 aliphatic rings. The summed E-state index contributed by atoms with van der Waals surface area (Å²) in [7, 11) is 4.22. The standard InChI is InChI=1S/C19H25NO/c1-15-10-8-9-13-18(15)21-19(14-16(2)20(3)4)17-11-6-5-7-12-17/h5-13,16,19H,14H2,1-4H3. The maximum Gasteiger partial charge on any atom is 0.125 e. The van der Waals surface area contributed by atoms with Crippen molar-refractivity contribution in [2.24, 2.45) is 0 Å². The van der Waals surface area contributed by atoms with Crippen molar-refractivity contribution in [2.45, 2.75) is 32.4 Å². The summed E-state index contributed by atoms with van der Waals surface area (Å²) >= 11 is 0. The summed E-state index contributed by atoms with van der Waals surface area (Å²) in [5, 5.41) is 0. The van der Waals surface area contributed by atoms with Crippen molar-refractivity contribution in [3.05, 3.63) is 65.7 Å². The van der Waals surface area contributed by atoms with Crippen LogP contribution >= 0.6 is 0 Å². The van der Waals surface area contributed by atoms with Gasteiger partial charge < -0.3 is 9.64 Å². The largest absolute Gasteiger partial charge is 0.485 e. The second kappa shape index (κ2) is 7.28. The summed E-state index contributed by atoms with van der Waals surface area (Å²) in [6.07, 6.45) is 1.04. The zero-order valence-corrected chi connectivity index (χ0v) is 13.4. The molecule has 0 heterocycles. The van der Waals surface area contributed by atoms with Gasteiger partial charge in [0.2, 0.25) is 0 Å². The zero-order valence-electron chi connectivity index (χ0n) is 13.4. The number of ether oxygens (including phenoxy) is 1. The van der Waals surface area contributed by atoms with Gasteiger partial charge in [0.05, 0.1) is 0 Å². The molecule has 0 saturated carbocycles. The number of rotatable bonds is 6. The van der Waals surface area contributed by atoms with E-state index >= 15 is 0 Å². The number of aryl methyl sites for hydroxylation is 1. The van der Waals surface area contributed by atoms with Crippen LogP contribution in [-0.2, 0) is 0 Å². The van der Waals surface area contributed by atoms with Crippen molar-refractivity contribution in [3.8, 4) is 5.75 Å². The van der Waals surface area contributed by atoms with Gasteiger partial charge in [-0.2, -0.15) is 0 Å². The van der Waals surface area contributed by atoms with Gasteiger partial charge in [-0.15, -0.1) is 0 Å². The molecule has 0 N–H and O–H groups in total. The van der Waals surface area contributed by atoms with Crippen LogP contribution in [0.5, 0.6) is 5.75 Å². The molecule has 0 radical (unpaired) electrons. The van der Waals surface area contributed by atoms with Gasteiger partial charge >= 0.3 is 0 Å². The quantitative estimate of drug-likeness (QED) is 0.776. The first-order valence-electron chi connectivity index (χ1n) is 7.51. The van der Waals surface area contributed by atoms with E-state index < -0.39 is 0 Å². The van der Waals surface area contributed by atoms with Gasteiger partial charge in [-0.05, 0) is 45.1 Å². The molecule has 2 aromatic carbocycles. The molecule has 0 aliphatic heterocycles. The van der Waals surface area contributed by atoms with Crippen molar-refractivity contribution < 1.29 is 4.74 Å². The molecule has 0 aromatic heterocycles. The van der Waals surface area contributed by atoms with Crippen molar-refractivity contribution in [2.75, 3.05) is 14.1 Å². The highest BCUT2D eigenvalue weighted by molar-refractivity contribution is 5.33. The van der Waals surface area contributed by atoms with E-state index in [2.05, 4.69) is 63.2 Å². The Morgan fingerprint density at radius 3 is 2.19 bits per heavy atom. The Morgan fingerprint density at radius 2 is 1.57 bits per heavy atom. The molecule has 112 valence electrons. The van der Waals surface area contributed by atoms with Crippen LogP contribution in [0.1, 0.15) is 30.6 Å². The lowest BCUT2D eigenvalue weighted by Gasteiger charge is -2.27. The van der Waals surface area contributed by atoms with Gasteiger partial charge in [-0.3, -0.25) is 0 Å². The highest BCUT2D eigenvalue weighted by atomic mass is 16.5. The summed E-state index contributed by atoms with van der Waals surface area (Å²) in [6, 6.07) is 19.1. The van der Waals surface area contributed by atoms with E-state index in [1.807, 2.05) is 24.3 Å². The lowest BCUT2D eigenvalue weighted by molar-refractivity contribution is 0.151. The lowest BCUT2D eigenvalue weighted by Crippen LogP contribution is -2.28. The molecule has 21 heavy (non-hydrogen) atoms. The third-order valence-corrected chi connectivity index (χ3v) is 3.97. The molecule has 2 aromatic rings. The molecule has 0 spiro atoms. The average Bonchev–Trinajstić information content (AvgIpc) is 2.49. The first-order valence-corrected chi connectivity index (χ1v) is 7.51. The van der Waals surface area contributed by atoms with E-state index in [4.69, 9.17) is 4.74 Å². The molecule has 2 rings (SSSR count). The fourth-order valence-electron chi connectivity index (χ4n) is 2.28. The van der Waals surface area contributed by atoms with Crippen LogP contribution in [0.3, 0.4) is 0 Å². The van der Waals surface area contributed by atoms with Gasteiger partial charge in [-0.1, -0.05) is 48.5 Å². The van der Waals surface area contributed by atoms with Gasteiger partial charge in [0.15, 0.2) is 0 Å². The Labute approximate surface area is 128 Å². The number of benzene rings is 2. The van der Waals surface area contributed by atoms with Crippen molar-refractivity contribution in [3.63, 3.8) is 0 Å². The van der Waals surface area contributed by atoms with E-state index in [-0.39, 0.29) is 6.10 Å². The fraction of sp³-hybridized carbons (Fsp3) is 0.368. The highest BCUT2D eigenvalue weighted by Gasteiger charge is 2.18. The van der Waals surface area contributed by atoms with Crippen LogP contribution in [-0.4, -0.2) is 25.0 Å². The Kier molecular flexibility index (Phi) is 5.40. The lowest BCUT2D eigenvalue weighted by atomic mass is 10.0. The van der Waals surface area contributed by atoms with Crippen LogP contribution in [0.4, 0.5) is 0 Å². The predicted molar refractivity (Wildman–Crippen MR) is 88.8 cm³/mol. The zero-order chi connectivity index (χ0) is 15.2. The summed E-state index contributed by atoms with van der Waals surface area (Å²) < 4.78 is 6.33. The van der Waals surface area contributed by atoms with Crippen LogP contribution < -0.4 is 4.74 Å². The molecule has 0 amide bonds. The molecular formula is C19H25NO. The summed E-state index contributed by atoms with van der Waals surface area (Å²) in [6.45, 7) is 4.32. The van der Waals surface area contributed by atoms with E-state index in [1.54, 1.807) is 0 Å². The topological polar surface area (TPSA) is 12.5 Å². The average molecular weight is 283 g/mol. The van der Waals surface area contributed by atoms with E-state index in [0.717, 1.165) is 12.2 Å². The number of para-hydroxylation sites is 1. The van der Waals surface area contributed by atoms with Gasteiger partial charge in [0.1, 0.15) is 11.9 Å². The van der Waals surface area contributed by atoms with Crippen molar-refractivity contribution >= 4 is 0 Å². The molecule has 0 fully saturated rings. The summed E-state index contributed by atoms with van der Waals surface area (Å²) in [4.78, 5) is 2.23. The normalized spacial score (nSPS) is 14.0. The molecule has 0 bridgehead atoms. The minimum atomic E-state index is 0.0738. The fourth-order valence-corrected chi connectivity index (χ4v) is 2.28. The Hall–Kier alpha value is -1.80. The smallest absolute Gasteiger partial charge is 0.125 e. The van der Waals surface area contributed by atoms with E-state index in [0.29, 0.717) is 6.04 Å². The molecule has 0 saturated heterocycles. The van der Waals surface area contributed by atoms with Gasteiger partial charge in [-0.25, -0.2) is 0 Å². The molecule has 2 nitrogen and oxygen atoms in total. The number of hydrogen-bond acceptors (Lipinski definition) is 2. The summed E-state index contributed by atoms with van der Waals surface area (Å²) in [5.41, 5.74) is 2.41. The number of nitrogens with zero attached hydrogens (tertiary/aromatic N) is 1. The third kappa shape index (κ3) is 4.33. The second-order valence-electron chi connectivity index (χ2n) is 5.83. The van der Waals surface area contributed by atoms with E-state index in [1.165, 1.54) is 11.1 Å². The Morgan fingerprint density at radius 1 is 0.952 bits per heavy atom. The van der Waals surface area contributed by atoms with Crippen LogP contribution in [0.25, 0.3) is 0 Å². The highest BCUT2D eigenvalue weighted by Crippen LogP contribution is 2.28. The summed E-state index contributed by atoms with van der Waals surface area (Å²) in [5.74, 6) is 0.970. The first kappa shape index (κ1) is 15.6. The monoisotopic (exact) mass is 283 g/mol. The van der Waals surface area contributed by atoms with Crippen LogP contribution in [0.15, 0.2) is 54.6 Å². The maximum atomic E-state index is 6.33. The van der Waals surface area contributed by atoms with Crippen molar-refractivity contribution in [1.82, 2.24) is 4.90 Å². The van der Waals surface area contributed by atoms with Crippen LogP contribution in [0, 0.1) is 6.92 Å². The Bertz CT molecular complexity index is 551. The van der Waals surface area contributed by atoms with Gasteiger partial charge in [0.25, 0.3) is 0 Å². The first-order chi connectivity index (χ1) is 10.1. The maximum absolute atomic E-state index is 6.33.